The van der Waals surface area contributed by atoms with Crippen LogP contribution in [0, 0.1) is 10.1 Å². The molecule has 2 aromatic carbocycles. The van der Waals surface area contributed by atoms with Gasteiger partial charge in [-0.15, -0.1) is 0 Å². The van der Waals surface area contributed by atoms with Crippen molar-refractivity contribution in [3.8, 4) is 11.8 Å². The summed E-state index contributed by atoms with van der Waals surface area (Å²) in [6.07, 6.45) is 3.01. The van der Waals surface area contributed by atoms with Gasteiger partial charge in [-0.3, -0.25) is 14.8 Å². The average molecular weight is 372 g/mol. The molecule has 10 heteroatoms. The van der Waals surface area contributed by atoms with Gasteiger partial charge in [-0.25, -0.2) is 18.4 Å². The lowest BCUT2D eigenvalue weighted by atomic mass is 10.3. The third-order valence-electron chi connectivity index (χ3n) is 3.19. The summed E-state index contributed by atoms with van der Waals surface area (Å²) in [7, 11) is -4.16. The summed E-state index contributed by atoms with van der Waals surface area (Å²) in [5.41, 5.74) is -0.332. The number of nitro benzene ring substituents is 1. The topological polar surface area (TPSA) is 124 Å². The van der Waals surface area contributed by atoms with Crippen LogP contribution < -0.4 is 9.46 Å². The van der Waals surface area contributed by atoms with Crippen molar-refractivity contribution in [1.82, 2.24) is 9.97 Å². The summed E-state index contributed by atoms with van der Waals surface area (Å²) in [5, 5.41) is 11.1. The zero-order chi connectivity index (χ0) is 18.6. The molecule has 1 N–H and O–H groups in total. The molecule has 3 rings (SSSR count). The van der Waals surface area contributed by atoms with Crippen LogP contribution in [-0.4, -0.2) is 23.3 Å². The van der Waals surface area contributed by atoms with Gasteiger partial charge < -0.3 is 4.74 Å². The number of sulfonamides is 1. The van der Waals surface area contributed by atoms with Gasteiger partial charge in [0.2, 0.25) is 0 Å². The molecule has 26 heavy (non-hydrogen) atoms. The van der Waals surface area contributed by atoms with Crippen molar-refractivity contribution in [3.05, 3.63) is 77.1 Å². The molecule has 0 fully saturated rings. The number of hydrogen-bond acceptors (Lipinski definition) is 7. The van der Waals surface area contributed by atoms with E-state index in [9.17, 15) is 18.5 Å². The lowest BCUT2D eigenvalue weighted by Gasteiger charge is -2.10. The van der Waals surface area contributed by atoms with Gasteiger partial charge in [0.25, 0.3) is 15.7 Å². The molecule has 9 nitrogen and oxygen atoms in total. The zero-order valence-corrected chi connectivity index (χ0v) is 14.0. The van der Waals surface area contributed by atoms with Gasteiger partial charge in [0.15, 0.2) is 4.90 Å². The molecule has 1 heterocycles. The molecule has 0 atom stereocenters. The highest BCUT2D eigenvalue weighted by atomic mass is 32.2. The summed E-state index contributed by atoms with van der Waals surface area (Å²) in [6, 6.07) is 12.9. The summed E-state index contributed by atoms with van der Waals surface area (Å²) in [5.74, 6) is 0.305. The number of hydrogen-bond donors (Lipinski definition) is 1. The molecule has 0 bridgehead atoms. The van der Waals surface area contributed by atoms with E-state index in [1.807, 2.05) is 0 Å². The summed E-state index contributed by atoms with van der Waals surface area (Å²) >= 11 is 0. The van der Waals surface area contributed by atoms with E-state index in [4.69, 9.17) is 4.74 Å². The monoisotopic (exact) mass is 372 g/mol. The Bertz CT molecular complexity index is 1040. The van der Waals surface area contributed by atoms with Crippen molar-refractivity contribution in [2.24, 2.45) is 0 Å². The third-order valence-corrected chi connectivity index (χ3v) is 4.62. The van der Waals surface area contributed by atoms with E-state index in [0.29, 0.717) is 5.75 Å². The Balaban J connectivity index is 1.87. The molecule has 0 aliphatic rings. The Morgan fingerprint density at radius 3 is 2.46 bits per heavy atom. The predicted molar refractivity (Wildman–Crippen MR) is 92.5 cm³/mol. The number of nitrogens with one attached hydrogen (secondary N) is 1. The zero-order valence-electron chi connectivity index (χ0n) is 13.1. The maximum atomic E-state index is 12.5. The normalized spacial score (nSPS) is 10.9. The lowest BCUT2D eigenvalue weighted by Crippen LogP contribution is -2.14. The summed E-state index contributed by atoms with van der Waals surface area (Å²) < 4.78 is 32.8. The first-order chi connectivity index (χ1) is 12.5. The Morgan fingerprint density at radius 2 is 1.73 bits per heavy atom. The van der Waals surface area contributed by atoms with Gasteiger partial charge in [-0.1, -0.05) is 18.2 Å². The van der Waals surface area contributed by atoms with Crippen molar-refractivity contribution >= 4 is 21.4 Å². The number of nitrogens with zero attached hydrogens (tertiary/aromatic N) is 3. The molecular formula is C16H12N4O5S. The molecule has 132 valence electrons. The number of para-hydroxylation sites is 1. The number of anilines is 1. The Labute approximate surface area is 148 Å². The Morgan fingerprint density at radius 1 is 1.00 bits per heavy atom. The number of rotatable bonds is 6. The van der Waals surface area contributed by atoms with E-state index >= 15 is 0 Å². The van der Waals surface area contributed by atoms with Crippen molar-refractivity contribution in [3.63, 3.8) is 0 Å². The summed E-state index contributed by atoms with van der Waals surface area (Å²) in [6.45, 7) is 0. The van der Waals surface area contributed by atoms with Crippen molar-refractivity contribution in [2.45, 2.75) is 4.90 Å². The molecule has 0 unspecified atom stereocenters. The minimum atomic E-state index is -4.16. The van der Waals surface area contributed by atoms with E-state index in [1.54, 1.807) is 18.2 Å². The van der Waals surface area contributed by atoms with E-state index in [1.165, 1.54) is 42.7 Å². The minimum absolute atomic E-state index is 0.103. The molecule has 0 saturated carbocycles. The van der Waals surface area contributed by atoms with Crippen LogP contribution in [0.2, 0.25) is 0 Å². The van der Waals surface area contributed by atoms with Crippen molar-refractivity contribution in [2.75, 3.05) is 4.72 Å². The minimum Gasteiger partial charge on any atom is -0.424 e. The highest BCUT2D eigenvalue weighted by Crippen LogP contribution is 2.27. The van der Waals surface area contributed by atoms with E-state index in [0.717, 1.165) is 6.07 Å². The second kappa shape index (κ2) is 7.15. The standard InChI is InChI=1S/C16H12N4O5S/c21-20(22)14-7-1-2-8-15(14)26(23,24)19-12-5-3-6-13(11-12)25-16-17-9-4-10-18-16/h1-11,19H. The average Bonchev–Trinajstić information content (AvgIpc) is 2.62. The fourth-order valence-electron chi connectivity index (χ4n) is 2.11. The van der Waals surface area contributed by atoms with E-state index in [-0.39, 0.29) is 11.7 Å². The van der Waals surface area contributed by atoms with E-state index in [2.05, 4.69) is 14.7 Å². The molecule has 0 amide bonds. The Hall–Kier alpha value is -3.53. The molecule has 0 aliphatic carbocycles. The van der Waals surface area contributed by atoms with Crippen LogP contribution in [0.25, 0.3) is 0 Å². The van der Waals surface area contributed by atoms with Crippen LogP contribution in [-0.2, 0) is 10.0 Å². The third kappa shape index (κ3) is 3.92. The molecular weight excluding hydrogens is 360 g/mol. The molecule has 3 aromatic rings. The number of benzene rings is 2. The van der Waals surface area contributed by atoms with Gasteiger partial charge in [0.1, 0.15) is 5.75 Å². The number of aromatic nitrogens is 2. The largest absolute Gasteiger partial charge is 0.424 e. The fraction of sp³-hybridized carbons (Fsp3) is 0. The van der Waals surface area contributed by atoms with Crippen LogP contribution in [0.3, 0.4) is 0 Å². The maximum Gasteiger partial charge on any atom is 0.321 e. The highest BCUT2D eigenvalue weighted by molar-refractivity contribution is 7.92. The van der Waals surface area contributed by atoms with Crippen molar-refractivity contribution in [1.29, 1.82) is 0 Å². The molecule has 0 saturated heterocycles. The second-order valence-electron chi connectivity index (χ2n) is 4.99. The van der Waals surface area contributed by atoms with E-state index < -0.39 is 25.5 Å². The number of nitro groups is 1. The second-order valence-corrected chi connectivity index (χ2v) is 6.64. The van der Waals surface area contributed by atoms with Crippen LogP contribution in [0.5, 0.6) is 11.8 Å². The van der Waals surface area contributed by atoms with Crippen LogP contribution in [0.15, 0.2) is 71.9 Å². The predicted octanol–water partition coefficient (Wildman–Crippen LogP) is 2.98. The van der Waals surface area contributed by atoms with Crippen LogP contribution in [0.1, 0.15) is 0 Å². The molecule has 0 spiro atoms. The first-order valence-corrected chi connectivity index (χ1v) is 8.75. The quantitative estimate of drug-likeness (QED) is 0.521. The fourth-order valence-corrected chi connectivity index (χ4v) is 3.33. The van der Waals surface area contributed by atoms with Crippen LogP contribution in [0.4, 0.5) is 11.4 Å². The summed E-state index contributed by atoms with van der Waals surface area (Å²) in [4.78, 5) is 17.7. The molecule has 1 aromatic heterocycles. The van der Waals surface area contributed by atoms with Gasteiger partial charge in [-0.2, -0.15) is 0 Å². The van der Waals surface area contributed by atoms with Crippen LogP contribution >= 0.6 is 0 Å². The number of ether oxygens (including phenoxy) is 1. The van der Waals surface area contributed by atoms with Crippen molar-refractivity contribution < 1.29 is 18.1 Å². The first-order valence-electron chi connectivity index (χ1n) is 7.27. The first kappa shape index (κ1) is 17.3. The van der Waals surface area contributed by atoms with Gasteiger partial charge in [0, 0.05) is 24.5 Å². The smallest absolute Gasteiger partial charge is 0.321 e. The molecule has 0 radical (unpaired) electrons. The molecule has 0 aliphatic heterocycles. The van der Waals surface area contributed by atoms with Gasteiger partial charge in [-0.05, 0) is 24.3 Å². The van der Waals surface area contributed by atoms with Gasteiger partial charge >= 0.3 is 6.01 Å². The SMILES string of the molecule is O=[N+]([O-])c1ccccc1S(=O)(=O)Nc1cccc(Oc2ncccn2)c1. The Kier molecular flexibility index (Phi) is 4.76. The van der Waals surface area contributed by atoms with Gasteiger partial charge in [0.05, 0.1) is 10.6 Å². The lowest BCUT2D eigenvalue weighted by molar-refractivity contribution is -0.387. The highest BCUT2D eigenvalue weighted by Gasteiger charge is 2.25. The maximum absolute atomic E-state index is 12.5.